The van der Waals surface area contributed by atoms with Gasteiger partial charge in [-0.05, 0) is 36.9 Å². The number of carbonyl (C=O) groups excluding carboxylic acids is 1. The lowest BCUT2D eigenvalue weighted by Crippen LogP contribution is -2.22. The van der Waals surface area contributed by atoms with Gasteiger partial charge in [0.05, 0.1) is 0 Å². The second kappa shape index (κ2) is 9.03. The van der Waals surface area contributed by atoms with Crippen molar-refractivity contribution in [1.82, 2.24) is 9.47 Å². The Labute approximate surface area is 142 Å². The van der Waals surface area contributed by atoms with Gasteiger partial charge in [-0.15, -0.1) is 0 Å². The minimum absolute atomic E-state index is 0.0912. The number of benzene rings is 1. The van der Waals surface area contributed by atoms with Crippen LogP contribution in [0.15, 0.2) is 53.5 Å². The molecular formula is C19H25N3O2. The third-order valence-electron chi connectivity index (χ3n) is 3.99. The Morgan fingerprint density at radius 3 is 2.62 bits per heavy atom. The summed E-state index contributed by atoms with van der Waals surface area (Å²) in [6, 6.07) is 12.9. The van der Waals surface area contributed by atoms with Crippen LogP contribution < -0.4 is 10.9 Å². The Morgan fingerprint density at radius 2 is 1.92 bits per heavy atom. The fourth-order valence-corrected chi connectivity index (χ4v) is 2.54. The summed E-state index contributed by atoms with van der Waals surface area (Å²) < 4.78 is 1.54. The van der Waals surface area contributed by atoms with Crippen molar-refractivity contribution in [3.8, 4) is 0 Å². The molecule has 5 nitrogen and oxygen atoms in total. The van der Waals surface area contributed by atoms with Crippen molar-refractivity contribution < 1.29 is 4.79 Å². The van der Waals surface area contributed by atoms with Crippen molar-refractivity contribution in [2.24, 2.45) is 0 Å². The van der Waals surface area contributed by atoms with Crippen molar-refractivity contribution in [2.45, 2.75) is 33.4 Å². The SMILES string of the molecule is CCN(CC)Cc1cccc(NC(=O)CCn2ccccc2=O)c1. The van der Waals surface area contributed by atoms with E-state index < -0.39 is 0 Å². The maximum atomic E-state index is 12.1. The molecule has 2 aromatic rings. The first-order valence-electron chi connectivity index (χ1n) is 8.39. The number of hydrogen-bond acceptors (Lipinski definition) is 3. The van der Waals surface area contributed by atoms with E-state index in [0.29, 0.717) is 6.54 Å². The number of hydrogen-bond donors (Lipinski definition) is 1. The number of nitrogens with one attached hydrogen (secondary N) is 1. The zero-order valence-electron chi connectivity index (χ0n) is 14.4. The lowest BCUT2D eigenvalue weighted by molar-refractivity contribution is -0.116. The number of aromatic nitrogens is 1. The summed E-state index contributed by atoms with van der Waals surface area (Å²) in [6.45, 7) is 7.53. The van der Waals surface area contributed by atoms with E-state index in [-0.39, 0.29) is 17.9 Å². The Kier molecular flexibility index (Phi) is 6.75. The average molecular weight is 327 g/mol. The summed E-state index contributed by atoms with van der Waals surface area (Å²) in [5.41, 5.74) is 1.88. The normalized spacial score (nSPS) is 10.8. The molecule has 1 N–H and O–H groups in total. The smallest absolute Gasteiger partial charge is 0.250 e. The largest absolute Gasteiger partial charge is 0.326 e. The molecule has 128 valence electrons. The van der Waals surface area contributed by atoms with E-state index >= 15 is 0 Å². The molecule has 0 atom stereocenters. The first-order valence-corrected chi connectivity index (χ1v) is 8.39. The lowest BCUT2D eigenvalue weighted by Gasteiger charge is -2.18. The molecule has 5 heteroatoms. The summed E-state index contributed by atoms with van der Waals surface area (Å²) >= 11 is 0. The van der Waals surface area contributed by atoms with Gasteiger partial charge in [0.2, 0.25) is 5.91 Å². The molecule has 0 spiro atoms. The van der Waals surface area contributed by atoms with Crippen LogP contribution in [0.25, 0.3) is 0 Å². The van der Waals surface area contributed by atoms with E-state index in [9.17, 15) is 9.59 Å². The number of anilines is 1. The summed E-state index contributed by atoms with van der Waals surface area (Å²) in [5.74, 6) is -0.0919. The molecule has 0 saturated carbocycles. The van der Waals surface area contributed by atoms with Crippen LogP contribution in [0.5, 0.6) is 0 Å². The third kappa shape index (κ3) is 5.35. The van der Waals surface area contributed by atoms with E-state index in [1.165, 1.54) is 16.2 Å². The van der Waals surface area contributed by atoms with Gasteiger partial charge >= 0.3 is 0 Å². The average Bonchev–Trinajstić information content (AvgIpc) is 2.59. The molecule has 0 aliphatic rings. The Bertz CT molecular complexity index is 720. The Balaban J connectivity index is 1.92. The van der Waals surface area contributed by atoms with Gasteiger partial charge in [0, 0.05) is 37.5 Å². The van der Waals surface area contributed by atoms with Crippen LogP contribution >= 0.6 is 0 Å². The maximum absolute atomic E-state index is 12.1. The number of pyridine rings is 1. The zero-order valence-corrected chi connectivity index (χ0v) is 14.4. The van der Waals surface area contributed by atoms with Crippen molar-refractivity contribution >= 4 is 11.6 Å². The molecule has 0 aliphatic heterocycles. The van der Waals surface area contributed by atoms with E-state index in [2.05, 4.69) is 30.1 Å². The highest BCUT2D eigenvalue weighted by atomic mass is 16.1. The third-order valence-corrected chi connectivity index (χ3v) is 3.99. The standard InChI is InChI=1S/C19H25N3O2/c1-3-21(4-2)15-16-8-7-9-17(14-16)20-18(23)11-13-22-12-6-5-10-19(22)24/h5-10,12,14H,3-4,11,13,15H2,1-2H3,(H,20,23). The van der Waals surface area contributed by atoms with Crippen molar-refractivity contribution in [3.05, 3.63) is 64.6 Å². The summed E-state index contributed by atoms with van der Waals surface area (Å²) in [7, 11) is 0. The van der Waals surface area contributed by atoms with E-state index in [4.69, 9.17) is 0 Å². The van der Waals surface area contributed by atoms with Crippen LogP contribution in [0, 0.1) is 0 Å². The van der Waals surface area contributed by atoms with E-state index in [1.807, 2.05) is 18.2 Å². The van der Waals surface area contributed by atoms with Gasteiger partial charge in [0.25, 0.3) is 5.56 Å². The van der Waals surface area contributed by atoms with Gasteiger partial charge < -0.3 is 9.88 Å². The van der Waals surface area contributed by atoms with Gasteiger partial charge in [-0.2, -0.15) is 0 Å². The zero-order chi connectivity index (χ0) is 17.4. The number of aryl methyl sites for hydroxylation is 1. The van der Waals surface area contributed by atoms with E-state index in [1.54, 1.807) is 18.3 Å². The molecule has 0 saturated heterocycles. The van der Waals surface area contributed by atoms with Crippen molar-refractivity contribution in [1.29, 1.82) is 0 Å². The second-order valence-electron chi connectivity index (χ2n) is 5.69. The highest BCUT2D eigenvalue weighted by Crippen LogP contribution is 2.13. The second-order valence-corrected chi connectivity index (χ2v) is 5.69. The molecule has 2 rings (SSSR count). The van der Waals surface area contributed by atoms with Crippen LogP contribution in [0.3, 0.4) is 0 Å². The highest BCUT2D eigenvalue weighted by molar-refractivity contribution is 5.90. The molecule has 0 fully saturated rings. The molecule has 24 heavy (non-hydrogen) atoms. The lowest BCUT2D eigenvalue weighted by atomic mass is 10.2. The van der Waals surface area contributed by atoms with Crippen LogP contribution in [0.1, 0.15) is 25.8 Å². The molecule has 1 amide bonds. The molecule has 0 unspecified atom stereocenters. The molecule has 0 radical (unpaired) electrons. The van der Waals surface area contributed by atoms with Crippen LogP contribution in [-0.2, 0) is 17.9 Å². The number of nitrogens with zero attached hydrogens (tertiary/aromatic N) is 2. The van der Waals surface area contributed by atoms with Crippen molar-refractivity contribution in [3.63, 3.8) is 0 Å². The molecule has 1 aromatic heterocycles. The van der Waals surface area contributed by atoms with Crippen LogP contribution in [0.2, 0.25) is 0 Å². The number of rotatable bonds is 8. The summed E-state index contributed by atoms with van der Waals surface area (Å²) in [4.78, 5) is 26.0. The monoisotopic (exact) mass is 327 g/mol. The minimum atomic E-state index is -0.0919. The topological polar surface area (TPSA) is 54.3 Å². The van der Waals surface area contributed by atoms with Crippen molar-refractivity contribution in [2.75, 3.05) is 18.4 Å². The summed E-state index contributed by atoms with van der Waals surface area (Å²) in [5, 5.41) is 2.91. The highest BCUT2D eigenvalue weighted by Gasteiger charge is 2.06. The Morgan fingerprint density at radius 1 is 1.12 bits per heavy atom. The van der Waals surface area contributed by atoms with Gasteiger partial charge in [-0.1, -0.05) is 32.0 Å². The van der Waals surface area contributed by atoms with Crippen LogP contribution in [0.4, 0.5) is 5.69 Å². The van der Waals surface area contributed by atoms with Gasteiger partial charge in [0.15, 0.2) is 0 Å². The van der Waals surface area contributed by atoms with Gasteiger partial charge in [-0.3, -0.25) is 14.5 Å². The van der Waals surface area contributed by atoms with E-state index in [0.717, 1.165) is 25.3 Å². The van der Waals surface area contributed by atoms with Gasteiger partial charge in [0.1, 0.15) is 0 Å². The quantitative estimate of drug-likeness (QED) is 0.811. The Hall–Kier alpha value is -2.40. The molecule has 0 aliphatic carbocycles. The first-order chi connectivity index (χ1) is 11.6. The molecular weight excluding hydrogens is 302 g/mol. The fourth-order valence-electron chi connectivity index (χ4n) is 2.54. The fraction of sp³-hybridized carbons (Fsp3) is 0.368. The summed E-state index contributed by atoms with van der Waals surface area (Å²) in [6.07, 6.45) is 1.96. The molecule has 1 heterocycles. The van der Waals surface area contributed by atoms with Gasteiger partial charge in [-0.25, -0.2) is 0 Å². The molecule has 1 aromatic carbocycles. The minimum Gasteiger partial charge on any atom is -0.326 e. The number of amides is 1. The number of carbonyl (C=O) groups is 1. The maximum Gasteiger partial charge on any atom is 0.250 e. The predicted molar refractivity (Wildman–Crippen MR) is 97.0 cm³/mol. The first kappa shape index (κ1) is 17.9. The molecule has 0 bridgehead atoms. The predicted octanol–water partition coefficient (Wildman–Crippen LogP) is 2.72. The van der Waals surface area contributed by atoms with Crippen LogP contribution in [-0.4, -0.2) is 28.5 Å².